The van der Waals surface area contributed by atoms with Crippen molar-refractivity contribution in [3.63, 3.8) is 0 Å². The minimum atomic E-state index is -0.0516. The molecule has 0 saturated heterocycles. The first-order chi connectivity index (χ1) is 10.1. The number of hydrogen-bond acceptors (Lipinski definition) is 4. The maximum Gasteiger partial charge on any atom is 0.259 e. The number of amides is 1. The summed E-state index contributed by atoms with van der Waals surface area (Å²) in [4.78, 5) is 17.1. The number of fused-ring (bicyclic) bond motifs is 1. The molecule has 112 valence electrons. The van der Waals surface area contributed by atoms with E-state index in [0.29, 0.717) is 17.2 Å². The van der Waals surface area contributed by atoms with Crippen LogP contribution >= 0.6 is 0 Å². The number of nitrogens with zero attached hydrogens (tertiary/aromatic N) is 2. The molecule has 1 saturated carbocycles. The number of carbonyl (C=O) groups is 1. The normalized spacial score (nSPS) is 14.9. The highest BCUT2D eigenvalue weighted by atomic mass is 16.5. The maximum absolute atomic E-state index is 12.6. The summed E-state index contributed by atoms with van der Waals surface area (Å²) in [7, 11) is 0. The minimum absolute atomic E-state index is 0.0516. The standard InChI is InChI=1S/C16H21N3O2/c1-4-11(5-2)17-15(20)12-8-13(10-6-7-10)18-16-14(12)9(3)19-21-16/h8,10-11H,4-7H2,1-3H3,(H,17,20). The van der Waals surface area contributed by atoms with E-state index in [1.165, 1.54) is 0 Å². The van der Waals surface area contributed by atoms with Gasteiger partial charge < -0.3 is 9.84 Å². The number of nitrogens with one attached hydrogen (secondary N) is 1. The molecule has 1 aliphatic rings. The molecule has 1 N–H and O–H groups in total. The second-order valence-electron chi connectivity index (χ2n) is 5.80. The molecule has 0 aliphatic heterocycles. The van der Waals surface area contributed by atoms with Crippen LogP contribution in [0.4, 0.5) is 0 Å². The van der Waals surface area contributed by atoms with Gasteiger partial charge in [0.25, 0.3) is 11.6 Å². The third-order valence-corrected chi connectivity index (χ3v) is 4.20. The summed E-state index contributed by atoms with van der Waals surface area (Å²) in [5, 5.41) is 7.79. The first-order valence-corrected chi connectivity index (χ1v) is 7.71. The van der Waals surface area contributed by atoms with Gasteiger partial charge in [-0.15, -0.1) is 0 Å². The molecule has 5 nitrogen and oxygen atoms in total. The fraction of sp³-hybridized carbons (Fsp3) is 0.562. The van der Waals surface area contributed by atoms with Crippen molar-refractivity contribution >= 4 is 17.0 Å². The van der Waals surface area contributed by atoms with Crippen LogP contribution in [0, 0.1) is 6.92 Å². The van der Waals surface area contributed by atoms with E-state index >= 15 is 0 Å². The van der Waals surface area contributed by atoms with Crippen molar-refractivity contribution in [1.29, 1.82) is 0 Å². The van der Waals surface area contributed by atoms with Gasteiger partial charge in [-0.25, -0.2) is 4.98 Å². The van der Waals surface area contributed by atoms with E-state index in [1.54, 1.807) is 0 Å². The van der Waals surface area contributed by atoms with Gasteiger partial charge in [0.2, 0.25) is 0 Å². The molecule has 2 aromatic rings. The Balaban J connectivity index is 2.02. The molecule has 21 heavy (non-hydrogen) atoms. The van der Waals surface area contributed by atoms with E-state index in [0.717, 1.165) is 42.5 Å². The Morgan fingerprint density at radius 1 is 1.43 bits per heavy atom. The van der Waals surface area contributed by atoms with E-state index < -0.39 is 0 Å². The molecule has 1 fully saturated rings. The van der Waals surface area contributed by atoms with Crippen molar-refractivity contribution in [2.24, 2.45) is 0 Å². The highest BCUT2D eigenvalue weighted by molar-refractivity contribution is 6.06. The molecule has 0 radical (unpaired) electrons. The lowest BCUT2D eigenvalue weighted by atomic mass is 10.1. The van der Waals surface area contributed by atoms with Crippen molar-refractivity contribution in [2.75, 3.05) is 0 Å². The molecule has 5 heteroatoms. The number of hydrogen-bond donors (Lipinski definition) is 1. The molecule has 0 atom stereocenters. The SMILES string of the molecule is CCC(CC)NC(=O)c1cc(C2CC2)nc2onc(C)c12. The van der Waals surface area contributed by atoms with Gasteiger partial charge in [0, 0.05) is 17.7 Å². The van der Waals surface area contributed by atoms with E-state index in [2.05, 4.69) is 29.3 Å². The quantitative estimate of drug-likeness (QED) is 0.916. The fourth-order valence-corrected chi connectivity index (χ4v) is 2.64. The molecule has 0 bridgehead atoms. The summed E-state index contributed by atoms with van der Waals surface area (Å²) in [6.07, 6.45) is 4.13. The largest absolute Gasteiger partial charge is 0.349 e. The van der Waals surface area contributed by atoms with Gasteiger partial charge in [-0.05, 0) is 38.7 Å². The fourth-order valence-electron chi connectivity index (χ4n) is 2.64. The Bertz CT molecular complexity index is 669. The van der Waals surface area contributed by atoms with Crippen LogP contribution in [-0.4, -0.2) is 22.1 Å². The molecule has 0 aromatic carbocycles. The zero-order valence-electron chi connectivity index (χ0n) is 12.8. The Morgan fingerprint density at radius 2 is 2.14 bits per heavy atom. The van der Waals surface area contributed by atoms with E-state index in [9.17, 15) is 4.79 Å². The van der Waals surface area contributed by atoms with Crippen LogP contribution in [0.5, 0.6) is 0 Å². The highest BCUT2D eigenvalue weighted by Crippen LogP contribution is 2.40. The molecule has 3 rings (SSSR count). The predicted molar refractivity (Wildman–Crippen MR) is 80.4 cm³/mol. The van der Waals surface area contributed by atoms with Crippen molar-refractivity contribution in [2.45, 2.75) is 58.4 Å². The molecule has 1 aliphatic carbocycles. The zero-order valence-corrected chi connectivity index (χ0v) is 12.8. The zero-order chi connectivity index (χ0) is 15.0. The Hall–Kier alpha value is -1.91. The van der Waals surface area contributed by atoms with Gasteiger partial charge in [-0.3, -0.25) is 4.79 Å². The predicted octanol–water partition coefficient (Wildman–Crippen LogP) is 3.33. The summed E-state index contributed by atoms with van der Waals surface area (Å²) >= 11 is 0. The summed E-state index contributed by atoms with van der Waals surface area (Å²) in [6.45, 7) is 6.01. The van der Waals surface area contributed by atoms with Gasteiger partial charge in [-0.1, -0.05) is 19.0 Å². The van der Waals surface area contributed by atoms with E-state index in [-0.39, 0.29) is 11.9 Å². The topological polar surface area (TPSA) is 68.0 Å². The van der Waals surface area contributed by atoms with Crippen molar-refractivity contribution < 1.29 is 9.32 Å². The Labute approximate surface area is 124 Å². The molecule has 0 spiro atoms. The van der Waals surface area contributed by atoms with Crippen LogP contribution in [-0.2, 0) is 0 Å². The minimum Gasteiger partial charge on any atom is -0.349 e. The van der Waals surface area contributed by atoms with Gasteiger partial charge in [0.05, 0.1) is 16.6 Å². The monoisotopic (exact) mass is 287 g/mol. The van der Waals surface area contributed by atoms with Gasteiger partial charge in [-0.2, -0.15) is 0 Å². The van der Waals surface area contributed by atoms with Crippen molar-refractivity contribution in [1.82, 2.24) is 15.5 Å². The molecule has 2 heterocycles. The summed E-state index contributed by atoms with van der Waals surface area (Å²) in [6, 6.07) is 2.12. The van der Waals surface area contributed by atoms with Crippen LogP contribution in [0.25, 0.3) is 11.1 Å². The van der Waals surface area contributed by atoms with Gasteiger partial charge in [0.15, 0.2) is 0 Å². The molecule has 2 aromatic heterocycles. The van der Waals surface area contributed by atoms with Gasteiger partial charge >= 0.3 is 0 Å². The van der Waals surface area contributed by atoms with Crippen LogP contribution in [0.2, 0.25) is 0 Å². The number of rotatable bonds is 5. The number of carbonyl (C=O) groups excluding carboxylic acids is 1. The summed E-state index contributed by atoms with van der Waals surface area (Å²) in [5.74, 6) is 0.420. The highest BCUT2D eigenvalue weighted by Gasteiger charge is 2.28. The molecule has 0 unspecified atom stereocenters. The number of aryl methyl sites for hydroxylation is 1. The lowest BCUT2D eigenvalue weighted by Gasteiger charge is -2.15. The average molecular weight is 287 g/mol. The van der Waals surface area contributed by atoms with Crippen LogP contribution in [0.3, 0.4) is 0 Å². The third-order valence-electron chi connectivity index (χ3n) is 4.20. The first kappa shape index (κ1) is 14.0. The molecular weight excluding hydrogens is 266 g/mol. The molecule has 1 amide bonds. The number of pyridine rings is 1. The Kier molecular flexibility index (Phi) is 3.66. The summed E-state index contributed by atoms with van der Waals surface area (Å²) in [5.41, 5.74) is 2.79. The first-order valence-electron chi connectivity index (χ1n) is 7.71. The lowest BCUT2D eigenvalue weighted by Crippen LogP contribution is -2.34. The molecular formula is C16H21N3O2. The lowest BCUT2D eigenvalue weighted by molar-refractivity contribution is 0.0936. The summed E-state index contributed by atoms with van der Waals surface area (Å²) < 4.78 is 5.27. The smallest absolute Gasteiger partial charge is 0.259 e. The second-order valence-corrected chi connectivity index (χ2v) is 5.80. The maximum atomic E-state index is 12.6. The van der Waals surface area contributed by atoms with Crippen molar-refractivity contribution in [3.05, 3.63) is 23.0 Å². The van der Waals surface area contributed by atoms with E-state index in [1.807, 2.05) is 13.0 Å². The van der Waals surface area contributed by atoms with Crippen LogP contribution in [0.15, 0.2) is 10.6 Å². The number of aromatic nitrogens is 2. The van der Waals surface area contributed by atoms with Crippen molar-refractivity contribution in [3.8, 4) is 0 Å². The van der Waals surface area contributed by atoms with Crippen LogP contribution < -0.4 is 5.32 Å². The second kappa shape index (κ2) is 5.47. The van der Waals surface area contributed by atoms with E-state index in [4.69, 9.17) is 4.52 Å². The average Bonchev–Trinajstić information content (AvgIpc) is 3.28. The van der Waals surface area contributed by atoms with Crippen LogP contribution in [0.1, 0.15) is 67.2 Å². The van der Waals surface area contributed by atoms with Gasteiger partial charge in [0.1, 0.15) is 0 Å². The third kappa shape index (κ3) is 2.64. The Morgan fingerprint density at radius 3 is 2.76 bits per heavy atom.